The molecule has 0 bridgehead atoms. The summed E-state index contributed by atoms with van der Waals surface area (Å²) in [7, 11) is 0. The van der Waals surface area contributed by atoms with Crippen LogP contribution in [0.3, 0.4) is 0 Å². The average Bonchev–Trinajstić information content (AvgIpc) is 2.66. The number of benzene rings is 1. The van der Waals surface area contributed by atoms with Crippen molar-refractivity contribution in [3.8, 4) is 11.3 Å². The predicted molar refractivity (Wildman–Crippen MR) is 107 cm³/mol. The zero-order valence-electron chi connectivity index (χ0n) is 15.4. The monoisotopic (exact) mass is 334 g/mol. The van der Waals surface area contributed by atoms with E-state index in [1.54, 1.807) is 0 Å². The smallest absolute Gasteiger partial charge is 0.0708 e. The molecule has 2 N–H and O–H groups in total. The number of aromatic nitrogens is 1. The minimum Gasteiger partial charge on any atom is -0.399 e. The highest BCUT2D eigenvalue weighted by Gasteiger charge is 2.15. The Bertz CT molecular complexity index is 727. The molecule has 2 nitrogen and oxygen atoms in total. The fourth-order valence-electron chi connectivity index (χ4n) is 4.04. The van der Waals surface area contributed by atoms with Crippen LogP contribution in [0.15, 0.2) is 43.0 Å². The fraction of sp³-hybridized carbons (Fsp3) is 0.435. The molecule has 0 spiro atoms. The van der Waals surface area contributed by atoms with E-state index in [4.69, 9.17) is 10.7 Å². The number of nitrogens with two attached hydrogens (primary N) is 1. The van der Waals surface area contributed by atoms with Gasteiger partial charge in [0.15, 0.2) is 0 Å². The number of rotatable bonds is 6. The molecule has 1 aromatic heterocycles. The zero-order chi connectivity index (χ0) is 17.6. The molecule has 0 saturated heterocycles. The number of hydrogen-bond donors (Lipinski definition) is 1. The first-order valence-electron chi connectivity index (χ1n) is 9.72. The van der Waals surface area contributed by atoms with E-state index in [1.165, 1.54) is 49.7 Å². The van der Waals surface area contributed by atoms with Crippen molar-refractivity contribution in [2.45, 2.75) is 58.3 Å². The van der Waals surface area contributed by atoms with Gasteiger partial charge in [-0.05, 0) is 42.9 Å². The Morgan fingerprint density at radius 3 is 2.60 bits per heavy atom. The van der Waals surface area contributed by atoms with Crippen molar-refractivity contribution in [3.05, 3.63) is 59.8 Å². The lowest BCUT2D eigenvalue weighted by molar-refractivity contribution is 0.339. The van der Waals surface area contributed by atoms with Gasteiger partial charge in [0.2, 0.25) is 0 Å². The third-order valence-corrected chi connectivity index (χ3v) is 5.50. The molecule has 1 heterocycles. The predicted octanol–water partition coefficient (Wildman–Crippen LogP) is 5.75. The molecule has 0 unspecified atom stereocenters. The Morgan fingerprint density at radius 1 is 1.12 bits per heavy atom. The Kier molecular flexibility index (Phi) is 5.91. The van der Waals surface area contributed by atoms with Gasteiger partial charge < -0.3 is 5.73 Å². The molecule has 1 aromatic carbocycles. The lowest BCUT2D eigenvalue weighted by atomic mass is 9.84. The summed E-state index contributed by atoms with van der Waals surface area (Å²) in [6.45, 7) is 5.99. The molecule has 1 aliphatic carbocycles. The number of hydrogen-bond acceptors (Lipinski definition) is 2. The highest BCUT2D eigenvalue weighted by atomic mass is 14.7. The van der Waals surface area contributed by atoms with Crippen LogP contribution in [-0.2, 0) is 12.8 Å². The Balaban J connectivity index is 1.83. The van der Waals surface area contributed by atoms with Crippen molar-refractivity contribution < 1.29 is 0 Å². The van der Waals surface area contributed by atoms with Gasteiger partial charge in [0, 0.05) is 16.8 Å². The standard InChI is InChI=1S/C23H30N2/c1-3-22-20(17(2)24)15-16-23(25-22)21-12-8-7-11-19(21)14-13-18-9-5-4-6-10-18/h7-8,11-12,15-16,18H,2-6,9-10,13-14,24H2,1H3. The molecule has 2 heteroatoms. The summed E-state index contributed by atoms with van der Waals surface area (Å²) in [5.41, 5.74) is 12.3. The van der Waals surface area contributed by atoms with Crippen LogP contribution in [0.1, 0.15) is 62.3 Å². The van der Waals surface area contributed by atoms with E-state index in [1.807, 2.05) is 0 Å². The van der Waals surface area contributed by atoms with Crippen LogP contribution in [0.25, 0.3) is 17.0 Å². The van der Waals surface area contributed by atoms with Gasteiger partial charge in [-0.2, -0.15) is 0 Å². The zero-order valence-corrected chi connectivity index (χ0v) is 15.4. The lowest BCUT2D eigenvalue weighted by Crippen LogP contribution is -2.08. The molecular weight excluding hydrogens is 304 g/mol. The lowest BCUT2D eigenvalue weighted by Gasteiger charge is -2.22. The minimum absolute atomic E-state index is 0.599. The van der Waals surface area contributed by atoms with Gasteiger partial charge in [-0.15, -0.1) is 0 Å². The van der Waals surface area contributed by atoms with E-state index in [9.17, 15) is 0 Å². The number of nitrogens with zero attached hydrogens (tertiary/aromatic N) is 1. The first kappa shape index (κ1) is 17.7. The Hall–Kier alpha value is -2.09. The second kappa shape index (κ2) is 8.33. The molecule has 0 radical (unpaired) electrons. The minimum atomic E-state index is 0.599. The van der Waals surface area contributed by atoms with Gasteiger partial charge in [0.1, 0.15) is 0 Å². The van der Waals surface area contributed by atoms with E-state index in [2.05, 4.69) is 49.9 Å². The maximum absolute atomic E-state index is 5.90. The van der Waals surface area contributed by atoms with Gasteiger partial charge in [0.25, 0.3) is 0 Å². The summed E-state index contributed by atoms with van der Waals surface area (Å²) in [6, 6.07) is 12.9. The van der Waals surface area contributed by atoms with Crippen molar-refractivity contribution in [1.82, 2.24) is 4.98 Å². The largest absolute Gasteiger partial charge is 0.399 e. The molecule has 0 amide bonds. The van der Waals surface area contributed by atoms with E-state index >= 15 is 0 Å². The highest BCUT2D eigenvalue weighted by Crippen LogP contribution is 2.30. The molecule has 25 heavy (non-hydrogen) atoms. The van der Waals surface area contributed by atoms with Crippen molar-refractivity contribution in [2.24, 2.45) is 11.7 Å². The molecule has 132 valence electrons. The van der Waals surface area contributed by atoms with Crippen LogP contribution < -0.4 is 5.73 Å². The van der Waals surface area contributed by atoms with E-state index in [0.29, 0.717) is 5.70 Å². The maximum Gasteiger partial charge on any atom is 0.0708 e. The van der Waals surface area contributed by atoms with Gasteiger partial charge >= 0.3 is 0 Å². The first-order valence-corrected chi connectivity index (χ1v) is 9.72. The first-order chi connectivity index (χ1) is 12.2. The molecule has 3 rings (SSSR count). The molecule has 1 aliphatic rings. The average molecular weight is 335 g/mol. The normalized spacial score (nSPS) is 15.2. The summed E-state index contributed by atoms with van der Waals surface area (Å²) >= 11 is 0. The SMILES string of the molecule is C=C(N)c1ccc(-c2ccccc2CCC2CCCCC2)nc1CC. The molecular formula is C23H30N2. The van der Waals surface area contributed by atoms with Crippen LogP contribution in [0, 0.1) is 5.92 Å². The van der Waals surface area contributed by atoms with Gasteiger partial charge in [-0.25, -0.2) is 0 Å². The van der Waals surface area contributed by atoms with Gasteiger partial charge in [0.05, 0.1) is 11.4 Å². The number of aryl methyl sites for hydroxylation is 2. The second-order valence-corrected chi connectivity index (χ2v) is 7.27. The third-order valence-electron chi connectivity index (χ3n) is 5.50. The van der Waals surface area contributed by atoms with Crippen molar-refractivity contribution in [3.63, 3.8) is 0 Å². The molecule has 1 fully saturated rings. The molecule has 0 atom stereocenters. The van der Waals surface area contributed by atoms with Crippen LogP contribution in [0.2, 0.25) is 0 Å². The number of pyridine rings is 1. The van der Waals surface area contributed by atoms with Crippen molar-refractivity contribution >= 4 is 5.70 Å². The Labute approximate surface area is 152 Å². The summed E-state index contributed by atoms with van der Waals surface area (Å²) in [5, 5.41) is 0. The van der Waals surface area contributed by atoms with E-state index in [-0.39, 0.29) is 0 Å². The second-order valence-electron chi connectivity index (χ2n) is 7.27. The third kappa shape index (κ3) is 4.31. The quantitative estimate of drug-likeness (QED) is 0.730. The molecule has 1 saturated carbocycles. The van der Waals surface area contributed by atoms with Crippen LogP contribution in [0.5, 0.6) is 0 Å². The fourth-order valence-corrected chi connectivity index (χ4v) is 4.04. The summed E-state index contributed by atoms with van der Waals surface area (Å²) in [4.78, 5) is 4.90. The van der Waals surface area contributed by atoms with E-state index in [0.717, 1.165) is 35.7 Å². The summed E-state index contributed by atoms with van der Waals surface area (Å²) in [5.74, 6) is 0.906. The van der Waals surface area contributed by atoms with Crippen LogP contribution in [-0.4, -0.2) is 4.98 Å². The van der Waals surface area contributed by atoms with Gasteiger partial charge in [-0.1, -0.05) is 69.9 Å². The Morgan fingerprint density at radius 2 is 1.88 bits per heavy atom. The molecule has 0 aliphatic heterocycles. The van der Waals surface area contributed by atoms with E-state index < -0.39 is 0 Å². The van der Waals surface area contributed by atoms with Crippen molar-refractivity contribution in [2.75, 3.05) is 0 Å². The summed E-state index contributed by atoms with van der Waals surface area (Å²) in [6.07, 6.45) is 10.4. The summed E-state index contributed by atoms with van der Waals surface area (Å²) < 4.78 is 0. The van der Waals surface area contributed by atoms with Crippen LogP contribution in [0.4, 0.5) is 0 Å². The van der Waals surface area contributed by atoms with Crippen molar-refractivity contribution in [1.29, 1.82) is 0 Å². The van der Waals surface area contributed by atoms with Gasteiger partial charge in [-0.3, -0.25) is 4.98 Å². The topological polar surface area (TPSA) is 38.9 Å². The molecule has 2 aromatic rings. The van der Waals surface area contributed by atoms with Crippen LogP contribution >= 0.6 is 0 Å². The maximum atomic E-state index is 5.90. The highest BCUT2D eigenvalue weighted by molar-refractivity contribution is 5.68.